The third-order valence-corrected chi connectivity index (χ3v) is 4.42. The molecule has 0 aliphatic heterocycles. The molecular weight excluding hydrogens is 320 g/mol. The van der Waals surface area contributed by atoms with E-state index in [-0.39, 0.29) is 5.91 Å². The molecule has 0 aliphatic carbocycles. The van der Waals surface area contributed by atoms with Crippen LogP contribution in [-0.2, 0) is 4.79 Å². The Bertz CT molecular complexity index is 823. The van der Waals surface area contributed by atoms with Crippen LogP contribution in [0.1, 0.15) is 31.9 Å². The van der Waals surface area contributed by atoms with E-state index in [0.717, 1.165) is 34.9 Å². The maximum Gasteiger partial charge on any atom is 0.225 e. The zero-order valence-electron chi connectivity index (χ0n) is 13.8. The zero-order chi connectivity index (χ0) is 16.9. The highest BCUT2D eigenvalue weighted by Crippen LogP contribution is 2.26. The molecule has 24 heavy (non-hydrogen) atoms. The van der Waals surface area contributed by atoms with Crippen molar-refractivity contribution in [1.82, 2.24) is 14.8 Å². The first-order chi connectivity index (χ1) is 11.7. The van der Waals surface area contributed by atoms with Crippen molar-refractivity contribution in [2.75, 3.05) is 5.32 Å². The van der Waals surface area contributed by atoms with Crippen LogP contribution in [0.5, 0.6) is 0 Å². The molecule has 1 aromatic carbocycles. The topological polar surface area (TPSA) is 59.8 Å². The second kappa shape index (κ2) is 7.40. The standard InChI is InChI=1S/C18H20N4OS/c1-3-4-10-17(23)20-16-11-13(2)21-22(16)18-19-15(12-24-18)14-8-6-5-7-9-14/h5-9,11-12H,3-4,10H2,1-2H3,(H,20,23). The van der Waals surface area contributed by atoms with Gasteiger partial charge < -0.3 is 5.32 Å². The van der Waals surface area contributed by atoms with Gasteiger partial charge >= 0.3 is 0 Å². The predicted molar refractivity (Wildman–Crippen MR) is 97.6 cm³/mol. The van der Waals surface area contributed by atoms with Crippen LogP contribution in [0.3, 0.4) is 0 Å². The van der Waals surface area contributed by atoms with Crippen molar-refractivity contribution in [3.8, 4) is 16.4 Å². The lowest BCUT2D eigenvalue weighted by Gasteiger charge is -2.06. The molecule has 1 N–H and O–H groups in total. The Morgan fingerprint density at radius 2 is 2.08 bits per heavy atom. The molecule has 0 unspecified atom stereocenters. The SMILES string of the molecule is CCCCC(=O)Nc1cc(C)nn1-c1nc(-c2ccccc2)cs1. The lowest BCUT2D eigenvalue weighted by molar-refractivity contribution is -0.116. The summed E-state index contributed by atoms with van der Waals surface area (Å²) in [5, 5.41) is 10.2. The minimum Gasteiger partial charge on any atom is -0.311 e. The van der Waals surface area contributed by atoms with Crippen LogP contribution in [0, 0.1) is 6.92 Å². The molecule has 3 aromatic rings. The lowest BCUT2D eigenvalue weighted by atomic mass is 10.2. The number of carbonyl (C=O) groups excluding carboxylic acids is 1. The summed E-state index contributed by atoms with van der Waals surface area (Å²) in [6.45, 7) is 3.98. The number of anilines is 1. The van der Waals surface area contributed by atoms with Gasteiger partial charge in [0.15, 0.2) is 0 Å². The van der Waals surface area contributed by atoms with Crippen LogP contribution in [0.25, 0.3) is 16.4 Å². The number of hydrogen-bond acceptors (Lipinski definition) is 4. The Morgan fingerprint density at radius 1 is 1.29 bits per heavy atom. The van der Waals surface area contributed by atoms with Gasteiger partial charge in [0.05, 0.1) is 11.4 Å². The van der Waals surface area contributed by atoms with Crippen molar-refractivity contribution >= 4 is 23.1 Å². The number of aryl methyl sites for hydroxylation is 1. The molecule has 124 valence electrons. The molecule has 6 heteroatoms. The van der Waals surface area contributed by atoms with E-state index in [1.807, 2.05) is 48.7 Å². The van der Waals surface area contributed by atoms with Gasteiger partial charge in [-0.15, -0.1) is 11.3 Å². The number of nitrogens with zero attached hydrogens (tertiary/aromatic N) is 3. The minimum absolute atomic E-state index is 0.0119. The normalized spacial score (nSPS) is 10.8. The Morgan fingerprint density at radius 3 is 2.83 bits per heavy atom. The van der Waals surface area contributed by atoms with Crippen molar-refractivity contribution in [3.63, 3.8) is 0 Å². The molecule has 0 saturated heterocycles. The van der Waals surface area contributed by atoms with Crippen molar-refractivity contribution in [2.45, 2.75) is 33.1 Å². The summed E-state index contributed by atoms with van der Waals surface area (Å²) in [6.07, 6.45) is 2.40. The molecular formula is C18H20N4OS. The van der Waals surface area contributed by atoms with E-state index in [2.05, 4.69) is 22.3 Å². The number of rotatable bonds is 6. The molecule has 0 atom stereocenters. The molecule has 0 saturated carbocycles. The smallest absolute Gasteiger partial charge is 0.225 e. The van der Waals surface area contributed by atoms with Gasteiger partial charge in [0, 0.05) is 23.4 Å². The average Bonchev–Trinajstić information content (AvgIpc) is 3.20. The fourth-order valence-electron chi connectivity index (χ4n) is 2.38. The van der Waals surface area contributed by atoms with E-state index in [9.17, 15) is 4.79 Å². The molecule has 5 nitrogen and oxygen atoms in total. The van der Waals surface area contributed by atoms with Gasteiger partial charge in [0.2, 0.25) is 11.0 Å². The van der Waals surface area contributed by atoms with E-state index in [0.29, 0.717) is 12.2 Å². The van der Waals surface area contributed by atoms with Crippen molar-refractivity contribution in [3.05, 3.63) is 47.5 Å². The second-order valence-electron chi connectivity index (χ2n) is 5.62. The van der Waals surface area contributed by atoms with Crippen molar-refractivity contribution < 1.29 is 4.79 Å². The van der Waals surface area contributed by atoms with Crippen LogP contribution in [0.15, 0.2) is 41.8 Å². The summed E-state index contributed by atoms with van der Waals surface area (Å²) in [5.41, 5.74) is 2.82. The molecule has 2 aromatic heterocycles. The van der Waals surface area contributed by atoms with Crippen LogP contribution >= 0.6 is 11.3 Å². The van der Waals surface area contributed by atoms with Gasteiger partial charge in [0.25, 0.3) is 0 Å². The highest BCUT2D eigenvalue weighted by molar-refractivity contribution is 7.12. The quantitative estimate of drug-likeness (QED) is 0.722. The fraction of sp³-hybridized carbons (Fsp3) is 0.278. The number of thiazole rings is 1. The summed E-state index contributed by atoms with van der Waals surface area (Å²) in [6, 6.07) is 11.9. The lowest BCUT2D eigenvalue weighted by Crippen LogP contribution is -2.14. The molecule has 3 rings (SSSR count). The van der Waals surface area contributed by atoms with Crippen molar-refractivity contribution in [2.24, 2.45) is 0 Å². The minimum atomic E-state index is 0.0119. The van der Waals surface area contributed by atoms with Gasteiger partial charge in [-0.2, -0.15) is 9.78 Å². The highest BCUT2D eigenvalue weighted by atomic mass is 32.1. The Hall–Kier alpha value is -2.47. The Labute approximate surface area is 145 Å². The maximum absolute atomic E-state index is 12.0. The second-order valence-corrected chi connectivity index (χ2v) is 6.45. The maximum atomic E-state index is 12.0. The first-order valence-electron chi connectivity index (χ1n) is 8.05. The molecule has 2 heterocycles. The molecule has 0 aliphatic rings. The average molecular weight is 340 g/mol. The van der Waals surface area contributed by atoms with Gasteiger partial charge in [0.1, 0.15) is 5.82 Å². The van der Waals surface area contributed by atoms with E-state index in [1.54, 1.807) is 4.68 Å². The van der Waals surface area contributed by atoms with Crippen LogP contribution < -0.4 is 5.32 Å². The van der Waals surface area contributed by atoms with Gasteiger partial charge in [-0.1, -0.05) is 43.7 Å². The number of nitrogens with one attached hydrogen (secondary N) is 1. The molecule has 0 fully saturated rings. The van der Waals surface area contributed by atoms with E-state index in [4.69, 9.17) is 0 Å². The number of unbranched alkanes of at least 4 members (excludes halogenated alkanes) is 1. The molecule has 0 spiro atoms. The monoisotopic (exact) mass is 340 g/mol. The summed E-state index contributed by atoms with van der Waals surface area (Å²) in [4.78, 5) is 16.7. The van der Waals surface area contributed by atoms with Crippen LogP contribution in [0.4, 0.5) is 5.82 Å². The van der Waals surface area contributed by atoms with E-state index >= 15 is 0 Å². The first-order valence-corrected chi connectivity index (χ1v) is 8.93. The molecule has 0 radical (unpaired) electrons. The number of amides is 1. The molecule has 0 bridgehead atoms. The largest absolute Gasteiger partial charge is 0.311 e. The summed E-state index contributed by atoms with van der Waals surface area (Å²) in [7, 11) is 0. The van der Waals surface area contributed by atoms with Crippen molar-refractivity contribution in [1.29, 1.82) is 0 Å². The fourth-order valence-corrected chi connectivity index (χ4v) is 3.18. The predicted octanol–water partition coefficient (Wildman–Crippen LogP) is 4.43. The number of hydrogen-bond donors (Lipinski definition) is 1. The Balaban J connectivity index is 1.85. The third kappa shape index (κ3) is 3.71. The first kappa shape index (κ1) is 16.4. The van der Waals surface area contributed by atoms with E-state index < -0.39 is 0 Å². The summed E-state index contributed by atoms with van der Waals surface area (Å²) in [5.74, 6) is 0.681. The summed E-state index contributed by atoms with van der Waals surface area (Å²) < 4.78 is 1.70. The highest BCUT2D eigenvalue weighted by Gasteiger charge is 2.14. The third-order valence-electron chi connectivity index (χ3n) is 3.60. The van der Waals surface area contributed by atoms with Gasteiger partial charge in [-0.3, -0.25) is 4.79 Å². The number of benzene rings is 1. The van der Waals surface area contributed by atoms with E-state index in [1.165, 1.54) is 11.3 Å². The van der Waals surface area contributed by atoms with Gasteiger partial charge in [-0.05, 0) is 13.3 Å². The summed E-state index contributed by atoms with van der Waals surface area (Å²) >= 11 is 1.51. The number of carbonyl (C=O) groups is 1. The zero-order valence-corrected chi connectivity index (χ0v) is 14.6. The molecule has 1 amide bonds. The van der Waals surface area contributed by atoms with Gasteiger partial charge in [-0.25, -0.2) is 4.98 Å². The van der Waals surface area contributed by atoms with Crippen LogP contribution in [-0.4, -0.2) is 20.7 Å². The Kier molecular flexibility index (Phi) is 5.05. The number of aromatic nitrogens is 3. The van der Waals surface area contributed by atoms with Crippen LogP contribution in [0.2, 0.25) is 0 Å².